The summed E-state index contributed by atoms with van der Waals surface area (Å²) in [5.74, 6) is -0.275. The minimum atomic E-state index is -4.54. The average molecular weight is 566 g/mol. The SMILES string of the molecule is [C-]#[N+]CCOPOC1C[C@H](C)O[C@@H]1COC(=O)Oc1cccc(C(F)(F)F)c1.[CH2-]CC.[CH2-]CC.[Ni+2]. The van der Waals surface area contributed by atoms with Crippen molar-refractivity contribution in [1.29, 1.82) is 0 Å². The first-order valence-electron chi connectivity index (χ1n) is 10.7. The number of rotatable bonds is 8. The van der Waals surface area contributed by atoms with Gasteiger partial charge in [0.05, 0.1) is 17.8 Å². The zero-order valence-electron chi connectivity index (χ0n) is 20.0. The minimum Gasteiger partial charge on any atom is -0.431 e. The summed E-state index contributed by atoms with van der Waals surface area (Å²) >= 11 is 0. The summed E-state index contributed by atoms with van der Waals surface area (Å²) in [5.41, 5.74) is -0.932. The van der Waals surface area contributed by atoms with Crippen LogP contribution in [0.2, 0.25) is 0 Å². The fourth-order valence-corrected chi connectivity index (χ4v) is 3.05. The van der Waals surface area contributed by atoms with Crippen LogP contribution in [-0.4, -0.2) is 44.2 Å². The fourth-order valence-electron chi connectivity index (χ4n) is 2.43. The molecule has 1 aliphatic heterocycles. The molecule has 12 heteroatoms. The van der Waals surface area contributed by atoms with Crippen LogP contribution in [0.4, 0.5) is 18.0 Å². The van der Waals surface area contributed by atoms with Crippen LogP contribution in [0.1, 0.15) is 45.6 Å². The number of alkyl halides is 3. The number of carbonyl (C=O) groups is 1. The van der Waals surface area contributed by atoms with E-state index >= 15 is 0 Å². The summed E-state index contributed by atoms with van der Waals surface area (Å²) in [5, 5.41) is 0. The van der Waals surface area contributed by atoms with Gasteiger partial charge in [-0.25, -0.2) is 11.4 Å². The third-order valence-electron chi connectivity index (χ3n) is 3.68. The number of nitrogens with zero attached hydrogens (tertiary/aromatic N) is 1. The van der Waals surface area contributed by atoms with Gasteiger partial charge in [0.2, 0.25) is 6.54 Å². The van der Waals surface area contributed by atoms with Crippen molar-refractivity contribution in [2.24, 2.45) is 0 Å². The molecular formula is C23H33F3NNiO6P. The zero-order chi connectivity index (χ0) is 26.0. The van der Waals surface area contributed by atoms with Crippen LogP contribution in [0.5, 0.6) is 5.75 Å². The van der Waals surface area contributed by atoms with Gasteiger partial charge in [0.15, 0.2) is 9.03 Å². The molecule has 0 N–H and O–H groups in total. The zero-order valence-corrected chi connectivity index (χ0v) is 22.0. The Labute approximate surface area is 218 Å². The Balaban J connectivity index is 0. The predicted octanol–water partition coefficient (Wildman–Crippen LogP) is 6.69. The third-order valence-corrected chi connectivity index (χ3v) is 4.40. The number of benzene rings is 1. The molecule has 2 rings (SSSR count). The van der Waals surface area contributed by atoms with Gasteiger partial charge < -0.3 is 42.0 Å². The molecule has 1 fully saturated rings. The molecular weight excluding hydrogens is 533 g/mol. The Morgan fingerprint density at radius 3 is 2.49 bits per heavy atom. The van der Waals surface area contributed by atoms with Crippen LogP contribution in [-0.2, 0) is 41.2 Å². The van der Waals surface area contributed by atoms with E-state index in [9.17, 15) is 18.0 Å². The topological polar surface area (TPSA) is 67.6 Å². The molecule has 0 aliphatic carbocycles. The largest absolute Gasteiger partial charge is 2.00 e. The first-order chi connectivity index (χ1) is 16.1. The molecule has 2 unspecified atom stereocenters. The Kier molecular flexibility index (Phi) is 21.2. The van der Waals surface area contributed by atoms with E-state index in [1.807, 2.05) is 20.8 Å². The van der Waals surface area contributed by atoms with E-state index < -0.39 is 24.0 Å². The van der Waals surface area contributed by atoms with Gasteiger partial charge in [0.25, 0.3) is 0 Å². The van der Waals surface area contributed by atoms with Crippen LogP contribution in [0.25, 0.3) is 4.85 Å². The van der Waals surface area contributed by atoms with Gasteiger partial charge in [-0.3, -0.25) is 0 Å². The van der Waals surface area contributed by atoms with Crippen LogP contribution in [0.3, 0.4) is 0 Å². The van der Waals surface area contributed by atoms with Crippen LogP contribution >= 0.6 is 9.03 Å². The smallest absolute Gasteiger partial charge is 0.431 e. The van der Waals surface area contributed by atoms with Crippen molar-refractivity contribution in [3.63, 3.8) is 0 Å². The van der Waals surface area contributed by atoms with Crippen molar-refractivity contribution < 1.29 is 57.7 Å². The van der Waals surface area contributed by atoms with Gasteiger partial charge in [-0.2, -0.15) is 26.0 Å². The molecule has 1 aromatic carbocycles. The molecule has 0 aromatic heterocycles. The van der Waals surface area contributed by atoms with Crippen molar-refractivity contribution in [1.82, 2.24) is 0 Å². The quantitative estimate of drug-likeness (QED) is 0.0874. The molecule has 202 valence electrons. The van der Waals surface area contributed by atoms with Crippen molar-refractivity contribution in [2.75, 3.05) is 19.8 Å². The summed E-state index contributed by atoms with van der Waals surface area (Å²) in [6, 6.07) is 3.93. The molecule has 1 aromatic rings. The van der Waals surface area contributed by atoms with E-state index in [1.165, 1.54) is 6.07 Å². The van der Waals surface area contributed by atoms with E-state index in [0.717, 1.165) is 25.0 Å². The molecule has 1 heterocycles. The number of hydrogen-bond acceptors (Lipinski definition) is 6. The second-order valence-electron chi connectivity index (χ2n) is 6.88. The van der Waals surface area contributed by atoms with E-state index in [4.69, 9.17) is 29.8 Å². The summed E-state index contributed by atoms with van der Waals surface area (Å²) in [6.07, 6.45) is -4.17. The average Bonchev–Trinajstić information content (AvgIpc) is 3.12. The molecule has 7 nitrogen and oxygen atoms in total. The fraction of sp³-hybridized carbons (Fsp3) is 0.565. The summed E-state index contributed by atoms with van der Waals surface area (Å²) < 4.78 is 64.1. The van der Waals surface area contributed by atoms with Gasteiger partial charge in [-0.15, -0.1) is 0 Å². The molecule has 1 saturated heterocycles. The second-order valence-corrected chi connectivity index (χ2v) is 7.57. The van der Waals surface area contributed by atoms with Crippen LogP contribution in [0.15, 0.2) is 24.3 Å². The number of halogens is 3. The monoisotopic (exact) mass is 565 g/mol. The van der Waals surface area contributed by atoms with Crippen molar-refractivity contribution in [2.45, 2.75) is 64.5 Å². The molecule has 0 bridgehead atoms. The maximum atomic E-state index is 12.7. The Morgan fingerprint density at radius 2 is 1.91 bits per heavy atom. The third kappa shape index (κ3) is 16.8. The number of carbonyl (C=O) groups excluding carboxylic acids is 1. The van der Waals surface area contributed by atoms with Crippen molar-refractivity contribution >= 4 is 15.2 Å². The van der Waals surface area contributed by atoms with Gasteiger partial charge in [0, 0.05) is 6.42 Å². The van der Waals surface area contributed by atoms with Gasteiger partial charge in [-0.1, -0.05) is 19.9 Å². The molecule has 4 atom stereocenters. The van der Waals surface area contributed by atoms with E-state index in [0.29, 0.717) is 12.5 Å². The first kappa shape index (κ1) is 35.7. The minimum absolute atomic E-state index is 0. The number of ether oxygens (including phenoxy) is 3. The second kappa shape index (κ2) is 20.7. The summed E-state index contributed by atoms with van der Waals surface area (Å²) in [7, 11) is -0.280. The molecule has 0 spiro atoms. The maximum absolute atomic E-state index is 12.7. The Morgan fingerprint density at radius 1 is 1.29 bits per heavy atom. The normalized spacial score (nSPS) is 18.9. The van der Waals surface area contributed by atoms with E-state index in [2.05, 4.69) is 18.7 Å². The van der Waals surface area contributed by atoms with Crippen molar-refractivity contribution in [3.05, 3.63) is 55.1 Å². The van der Waals surface area contributed by atoms with Crippen LogP contribution < -0.4 is 4.74 Å². The summed E-state index contributed by atoms with van der Waals surface area (Å²) in [4.78, 5) is 14.9. The van der Waals surface area contributed by atoms with Gasteiger partial charge in [0.1, 0.15) is 25.1 Å². The van der Waals surface area contributed by atoms with Gasteiger partial charge in [-0.05, 0) is 25.1 Å². The molecule has 0 saturated carbocycles. The summed E-state index contributed by atoms with van der Waals surface area (Å²) in [6.45, 7) is 19.8. The van der Waals surface area contributed by atoms with E-state index in [1.54, 1.807) is 0 Å². The Hall–Kier alpha value is -1.43. The maximum Gasteiger partial charge on any atom is 2.00 e. The number of hydrogen-bond donors (Lipinski definition) is 0. The molecule has 0 amide bonds. The predicted molar refractivity (Wildman–Crippen MR) is 124 cm³/mol. The molecule has 0 radical (unpaired) electrons. The Bertz CT molecular complexity index is 734. The first-order valence-corrected chi connectivity index (χ1v) is 11.6. The standard InChI is InChI=1S/C17H19F3NO6P.2C3H7.Ni/c1-11-8-14(27-28-24-7-6-21-2)15(25-11)10-23-16(22)26-13-5-3-4-12(9-13)17(18,19)20;2*1-3-2;/h3-5,9,11,14-15,28H,6-8,10H2,1H3;2*1,3H2,2H3;/q;2*-1;+2/t11-,14?,15+;;;/m0.../s1. The van der Waals surface area contributed by atoms with Crippen LogP contribution in [0, 0.1) is 20.4 Å². The molecule has 35 heavy (non-hydrogen) atoms. The van der Waals surface area contributed by atoms with Gasteiger partial charge >= 0.3 is 28.8 Å². The molecule has 1 aliphatic rings. The van der Waals surface area contributed by atoms with E-state index in [-0.39, 0.29) is 63.2 Å². The van der Waals surface area contributed by atoms with Crippen molar-refractivity contribution in [3.8, 4) is 5.75 Å².